The Labute approximate surface area is 170 Å². The van der Waals surface area contributed by atoms with Crippen molar-refractivity contribution in [2.75, 3.05) is 19.5 Å². The summed E-state index contributed by atoms with van der Waals surface area (Å²) in [6.07, 6.45) is 1.25. The fraction of sp³-hybridized carbons (Fsp3) is 0.200. The van der Waals surface area contributed by atoms with Gasteiger partial charge in [-0.15, -0.1) is 0 Å². The molecule has 0 bridgehead atoms. The normalized spacial score (nSPS) is 11.8. The molecule has 28 heavy (non-hydrogen) atoms. The van der Waals surface area contributed by atoms with Crippen molar-refractivity contribution in [3.63, 3.8) is 0 Å². The zero-order valence-electron chi connectivity index (χ0n) is 15.5. The molecule has 1 unspecified atom stereocenters. The molecule has 2 aromatic carbocycles. The first-order chi connectivity index (χ1) is 13.3. The Hall–Kier alpha value is -2.87. The molecule has 0 fully saturated rings. The molecule has 1 atom stereocenters. The Morgan fingerprint density at radius 2 is 1.89 bits per heavy atom. The van der Waals surface area contributed by atoms with Crippen LogP contribution in [0, 0.1) is 5.82 Å². The van der Waals surface area contributed by atoms with Crippen molar-refractivity contribution in [3.05, 3.63) is 58.3 Å². The maximum absolute atomic E-state index is 13.7. The highest BCUT2D eigenvalue weighted by molar-refractivity contribution is 9.10. The Morgan fingerprint density at radius 1 is 1.14 bits per heavy atom. The molecule has 8 heteroatoms. The third-order valence-electron chi connectivity index (χ3n) is 3.68. The zero-order valence-corrected chi connectivity index (χ0v) is 17.1. The largest absolute Gasteiger partial charge is 0.497 e. The van der Waals surface area contributed by atoms with Gasteiger partial charge in [0.05, 0.1) is 19.9 Å². The average molecular weight is 452 g/mol. The molecule has 0 heterocycles. The van der Waals surface area contributed by atoms with Gasteiger partial charge in [0.25, 0.3) is 5.91 Å². The Bertz CT molecular complexity index is 900. The van der Waals surface area contributed by atoms with E-state index >= 15 is 0 Å². The molecule has 148 valence electrons. The predicted octanol–water partition coefficient (Wildman–Crippen LogP) is 4.19. The highest BCUT2D eigenvalue weighted by Crippen LogP contribution is 2.29. The minimum Gasteiger partial charge on any atom is -0.497 e. The summed E-state index contributed by atoms with van der Waals surface area (Å²) in [5.41, 5.74) is 0.589. The van der Waals surface area contributed by atoms with Gasteiger partial charge in [-0.05, 0) is 43.3 Å². The number of carbonyl (C=O) groups is 2. The molecular formula is C20H19BrFNO5. The molecule has 0 radical (unpaired) electrons. The third kappa shape index (κ3) is 5.82. The van der Waals surface area contributed by atoms with Crippen molar-refractivity contribution >= 4 is 39.6 Å². The SMILES string of the molecule is COc1ccc(OC)c(NC(=O)C(C)OC(=O)/C=C/c2cc(Br)ccc2F)c1. The summed E-state index contributed by atoms with van der Waals surface area (Å²) in [5, 5.41) is 2.62. The van der Waals surface area contributed by atoms with E-state index < -0.39 is 23.8 Å². The number of amides is 1. The zero-order chi connectivity index (χ0) is 20.7. The molecule has 0 aliphatic rings. The van der Waals surface area contributed by atoms with Crippen LogP contribution in [-0.2, 0) is 14.3 Å². The topological polar surface area (TPSA) is 73.9 Å². The van der Waals surface area contributed by atoms with Gasteiger partial charge in [-0.1, -0.05) is 15.9 Å². The lowest BCUT2D eigenvalue weighted by Crippen LogP contribution is -2.29. The van der Waals surface area contributed by atoms with Crippen molar-refractivity contribution in [3.8, 4) is 11.5 Å². The van der Waals surface area contributed by atoms with Crippen molar-refractivity contribution in [2.24, 2.45) is 0 Å². The highest BCUT2D eigenvalue weighted by Gasteiger charge is 2.18. The van der Waals surface area contributed by atoms with Crippen LogP contribution in [0.4, 0.5) is 10.1 Å². The van der Waals surface area contributed by atoms with Crippen LogP contribution in [0.2, 0.25) is 0 Å². The number of ether oxygens (including phenoxy) is 3. The van der Waals surface area contributed by atoms with Gasteiger partial charge in [-0.2, -0.15) is 0 Å². The maximum Gasteiger partial charge on any atom is 0.331 e. The van der Waals surface area contributed by atoms with E-state index in [1.54, 1.807) is 24.3 Å². The van der Waals surface area contributed by atoms with Crippen LogP contribution in [0.15, 0.2) is 46.9 Å². The molecule has 0 aliphatic heterocycles. The van der Waals surface area contributed by atoms with Crippen LogP contribution in [0.3, 0.4) is 0 Å². The Morgan fingerprint density at radius 3 is 2.57 bits per heavy atom. The lowest BCUT2D eigenvalue weighted by atomic mass is 10.2. The van der Waals surface area contributed by atoms with Gasteiger partial charge >= 0.3 is 5.97 Å². The van der Waals surface area contributed by atoms with Crippen molar-refractivity contribution in [2.45, 2.75) is 13.0 Å². The van der Waals surface area contributed by atoms with Crippen LogP contribution in [0.25, 0.3) is 6.08 Å². The minimum absolute atomic E-state index is 0.213. The molecule has 2 aromatic rings. The number of halogens is 2. The number of nitrogens with one attached hydrogen (secondary N) is 1. The molecule has 2 rings (SSSR count). The summed E-state index contributed by atoms with van der Waals surface area (Å²) < 4.78 is 29.7. The quantitative estimate of drug-likeness (QED) is 0.504. The van der Waals surface area contributed by atoms with Gasteiger partial charge < -0.3 is 19.5 Å². The van der Waals surface area contributed by atoms with E-state index in [0.717, 1.165) is 6.08 Å². The summed E-state index contributed by atoms with van der Waals surface area (Å²) in [6, 6.07) is 9.24. The summed E-state index contributed by atoms with van der Waals surface area (Å²) >= 11 is 3.23. The number of hydrogen-bond donors (Lipinski definition) is 1. The molecule has 0 saturated carbocycles. The van der Waals surface area contributed by atoms with Gasteiger partial charge in [0.2, 0.25) is 0 Å². The molecule has 0 spiro atoms. The van der Waals surface area contributed by atoms with Crippen molar-refractivity contribution in [1.29, 1.82) is 0 Å². The molecule has 1 amide bonds. The molecule has 0 aliphatic carbocycles. The van der Waals surface area contributed by atoms with E-state index in [1.165, 1.54) is 39.4 Å². The number of methoxy groups -OCH3 is 2. The van der Waals surface area contributed by atoms with Gasteiger partial charge in [-0.3, -0.25) is 4.79 Å². The van der Waals surface area contributed by atoms with Crippen LogP contribution in [0.1, 0.15) is 12.5 Å². The van der Waals surface area contributed by atoms with Crippen molar-refractivity contribution < 1.29 is 28.2 Å². The standard InChI is InChI=1S/C20H19BrFNO5/c1-12(20(25)23-17-11-15(26-2)6-8-18(17)27-3)28-19(24)9-4-13-10-14(21)5-7-16(13)22/h4-12H,1-3H3,(H,23,25)/b9-4+. The lowest BCUT2D eigenvalue weighted by molar-refractivity contribution is -0.148. The summed E-state index contributed by atoms with van der Waals surface area (Å²) in [5.74, 6) is -0.859. The highest BCUT2D eigenvalue weighted by atomic mass is 79.9. The number of esters is 1. The molecule has 6 nitrogen and oxygen atoms in total. The molecule has 0 aromatic heterocycles. The predicted molar refractivity (Wildman–Crippen MR) is 107 cm³/mol. The first kappa shape index (κ1) is 21.4. The average Bonchev–Trinajstić information content (AvgIpc) is 2.68. The van der Waals surface area contributed by atoms with E-state index in [1.807, 2.05) is 0 Å². The second kappa shape index (κ2) is 9.89. The monoisotopic (exact) mass is 451 g/mol. The number of hydrogen-bond acceptors (Lipinski definition) is 5. The number of carbonyl (C=O) groups excluding carboxylic acids is 2. The number of anilines is 1. The fourth-order valence-electron chi connectivity index (χ4n) is 2.21. The van der Waals surface area contributed by atoms with E-state index in [4.69, 9.17) is 14.2 Å². The molecular weight excluding hydrogens is 433 g/mol. The second-order valence-electron chi connectivity index (χ2n) is 5.63. The van der Waals surface area contributed by atoms with Crippen molar-refractivity contribution in [1.82, 2.24) is 0 Å². The molecule has 1 N–H and O–H groups in total. The van der Waals surface area contributed by atoms with E-state index in [9.17, 15) is 14.0 Å². The second-order valence-corrected chi connectivity index (χ2v) is 6.55. The van der Waals surface area contributed by atoms with E-state index in [2.05, 4.69) is 21.2 Å². The molecule has 0 saturated heterocycles. The van der Waals surface area contributed by atoms with Gasteiger partial charge in [0.15, 0.2) is 6.10 Å². The third-order valence-corrected chi connectivity index (χ3v) is 4.18. The van der Waals surface area contributed by atoms with Crippen LogP contribution < -0.4 is 14.8 Å². The van der Waals surface area contributed by atoms with E-state index in [0.29, 0.717) is 21.7 Å². The van der Waals surface area contributed by atoms with Crippen LogP contribution >= 0.6 is 15.9 Å². The Balaban J connectivity index is 2.01. The Kier molecular flexibility index (Phi) is 7.57. The summed E-state index contributed by atoms with van der Waals surface area (Å²) in [4.78, 5) is 24.2. The first-order valence-electron chi connectivity index (χ1n) is 8.20. The minimum atomic E-state index is -1.08. The van der Waals surface area contributed by atoms with Crippen LogP contribution in [0.5, 0.6) is 11.5 Å². The van der Waals surface area contributed by atoms with E-state index in [-0.39, 0.29) is 5.56 Å². The number of benzene rings is 2. The van der Waals surface area contributed by atoms with Gasteiger partial charge in [0, 0.05) is 22.2 Å². The van der Waals surface area contributed by atoms with Gasteiger partial charge in [-0.25, -0.2) is 9.18 Å². The lowest BCUT2D eigenvalue weighted by Gasteiger charge is -2.15. The van der Waals surface area contributed by atoms with Gasteiger partial charge in [0.1, 0.15) is 17.3 Å². The van der Waals surface area contributed by atoms with Crippen LogP contribution in [-0.4, -0.2) is 32.2 Å². The number of rotatable bonds is 7. The summed E-state index contributed by atoms with van der Waals surface area (Å²) in [7, 11) is 2.96. The smallest absolute Gasteiger partial charge is 0.331 e. The first-order valence-corrected chi connectivity index (χ1v) is 9.00. The summed E-state index contributed by atoms with van der Waals surface area (Å²) in [6.45, 7) is 1.42. The fourth-order valence-corrected chi connectivity index (χ4v) is 2.59. The maximum atomic E-state index is 13.7.